The van der Waals surface area contributed by atoms with E-state index < -0.39 is 0 Å². The summed E-state index contributed by atoms with van der Waals surface area (Å²) in [6.07, 6.45) is 7.78. The van der Waals surface area contributed by atoms with E-state index in [1.165, 1.54) is 44.1 Å². The minimum Gasteiger partial charge on any atom is -0.313 e. The Bertz CT molecular complexity index is 358. The molecule has 0 radical (unpaired) electrons. The van der Waals surface area contributed by atoms with E-state index in [0.717, 1.165) is 12.5 Å². The molecule has 2 rings (SSSR count). The molecule has 1 aromatic carbocycles. The second kappa shape index (κ2) is 6.94. The van der Waals surface area contributed by atoms with Gasteiger partial charge in [0.1, 0.15) is 0 Å². The lowest BCUT2D eigenvalue weighted by Gasteiger charge is -2.22. The molecule has 0 bridgehead atoms. The molecule has 1 fully saturated rings. The van der Waals surface area contributed by atoms with Gasteiger partial charge in [0.05, 0.1) is 0 Å². The highest BCUT2D eigenvalue weighted by molar-refractivity contribution is 5.28. The molecule has 1 aliphatic carbocycles. The third-order valence-electron chi connectivity index (χ3n) is 4.09. The van der Waals surface area contributed by atoms with Crippen LogP contribution in [0.4, 0.5) is 0 Å². The standard InChI is InChI=1S/C17H27N/c1-3-7-14-8-5-9-15(13-14)16-10-6-11-17(16)18-12-4-2/h5,8-9,13,16-18H,3-4,6-7,10-12H2,1-2H3. The summed E-state index contributed by atoms with van der Waals surface area (Å²) >= 11 is 0. The number of benzene rings is 1. The largest absolute Gasteiger partial charge is 0.313 e. The van der Waals surface area contributed by atoms with Gasteiger partial charge in [-0.25, -0.2) is 0 Å². The van der Waals surface area contributed by atoms with Gasteiger partial charge in [-0.3, -0.25) is 0 Å². The Morgan fingerprint density at radius 2 is 2.06 bits per heavy atom. The van der Waals surface area contributed by atoms with Crippen LogP contribution in [-0.4, -0.2) is 12.6 Å². The van der Waals surface area contributed by atoms with Crippen LogP contribution in [0, 0.1) is 0 Å². The lowest BCUT2D eigenvalue weighted by atomic mass is 9.92. The summed E-state index contributed by atoms with van der Waals surface area (Å²) in [6.45, 7) is 5.67. The van der Waals surface area contributed by atoms with Crippen molar-refractivity contribution >= 4 is 0 Å². The first-order valence-electron chi connectivity index (χ1n) is 7.67. The van der Waals surface area contributed by atoms with Crippen molar-refractivity contribution in [1.29, 1.82) is 0 Å². The van der Waals surface area contributed by atoms with E-state index in [0.29, 0.717) is 6.04 Å². The quantitative estimate of drug-likeness (QED) is 0.789. The highest BCUT2D eigenvalue weighted by atomic mass is 14.9. The Kier molecular flexibility index (Phi) is 5.25. The third kappa shape index (κ3) is 3.35. The maximum Gasteiger partial charge on any atom is 0.0136 e. The zero-order valence-electron chi connectivity index (χ0n) is 11.9. The van der Waals surface area contributed by atoms with Crippen LogP contribution in [0.5, 0.6) is 0 Å². The summed E-state index contributed by atoms with van der Waals surface area (Å²) in [4.78, 5) is 0. The molecule has 1 aromatic rings. The second-order valence-corrected chi connectivity index (χ2v) is 5.59. The molecule has 0 spiro atoms. The molecule has 2 atom stereocenters. The van der Waals surface area contributed by atoms with Gasteiger partial charge in [-0.1, -0.05) is 51.0 Å². The fourth-order valence-corrected chi connectivity index (χ4v) is 3.20. The minimum absolute atomic E-state index is 0.710. The average molecular weight is 245 g/mol. The monoisotopic (exact) mass is 245 g/mol. The maximum absolute atomic E-state index is 3.73. The van der Waals surface area contributed by atoms with Crippen molar-refractivity contribution in [3.8, 4) is 0 Å². The molecule has 18 heavy (non-hydrogen) atoms. The topological polar surface area (TPSA) is 12.0 Å². The minimum atomic E-state index is 0.710. The first-order valence-corrected chi connectivity index (χ1v) is 7.67. The zero-order valence-corrected chi connectivity index (χ0v) is 11.9. The fraction of sp³-hybridized carbons (Fsp3) is 0.647. The van der Waals surface area contributed by atoms with Crippen LogP contribution in [0.2, 0.25) is 0 Å². The second-order valence-electron chi connectivity index (χ2n) is 5.59. The third-order valence-corrected chi connectivity index (χ3v) is 4.09. The molecule has 0 amide bonds. The molecule has 1 heteroatoms. The number of aryl methyl sites for hydroxylation is 1. The molecule has 0 aromatic heterocycles. The van der Waals surface area contributed by atoms with E-state index in [2.05, 4.69) is 43.4 Å². The Hall–Kier alpha value is -0.820. The van der Waals surface area contributed by atoms with Crippen LogP contribution in [-0.2, 0) is 6.42 Å². The molecule has 1 nitrogen and oxygen atoms in total. The van der Waals surface area contributed by atoms with Crippen molar-refractivity contribution in [1.82, 2.24) is 5.32 Å². The highest BCUT2D eigenvalue weighted by Crippen LogP contribution is 2.35. The van der Waals surface area contributed by atoms with E-state index in [4.69, 9.17) is 0 Å². The van der Waals surface area contributed by atoms with E-state index in [1.807, 2.05) is 0 Å². The van der Waals surface area contributed by atoms with E-state index in [9.17, 15) is 0 Å². The number of nitrogens with one attached hydrogen (secondary N) is 1. The van der Waals surface area contributed by atoms with Crippen molar-refractivity contribution in [3.63, 3.8) is 0 Å². The van der Waals surface area contributed by atoms with Crippen molar-refractivity contribution in [2.24, 2.45) is 0 Å². The summed E-state index contributed by atoms with van der Waals surface area (Å²) < 4.78 is 0. The Balaban J connectivity index is 2.06. The van der Waals surface area contributed by atoms with Crippen molar-refractivity contribution in [2.75, 3.05) is 6.54 Å². The molecule has 0 aliphatic heterocycles. The van der Waals surface area contributed by atoms with Crippen LogP contribution in [0.25, 0.3) is 0 Å². The van der Waals surface area contributed by atoms with Gasteiger partial charge < -0.3 is 5.32 Å². The number of hydrogen-bond donors (Lipinski definition) is 1. The Morgan fingerprint density at radius 3 is 2.83 bits per heavy atom. The van der Waals surface area contributed by atoms with Gasteiger partial charge in [-0.2, -0.15) is 0 Å². The highest BCUT2D eigenvalue weighted by Gasteiger charge is 2.27. The van der Waals surface area contributed by atoms with Gasteiger partial charge in [-0.15, -0.1) is 0 Å². The Morgan fingerprint density at radius 1 is 1.17 bits per heavy atom. The van der Waals surface area contributed by atoms with E-state index in [1.54, 1.807) is 5.56 Å². The Labute approximate surface area is 112 Å². The molecular weight excluding hydrogens is 218 g/mol. The van der Waals surface area contributed by atoms with Gasteiger partial charge in [0.25, 0.3) is 0 Å². The smallest absolute Gasteiger partial charge is 0.0136 e. The van der Waals surface area contributed by atoms with Gasteiger partial charge in [0.2, 0.25) is 0 Å². The van der Waals surface area contributed by atoms with Gasteiger partial charge in [0.15, 0.2) is 0 Å². The molecule has 1 saturated carbocycles. The van der Waals surface area contributed by atoms with Gasteiger partial charge in [0, 0.05) is 6.04 Å². The van der Waals surface area contributed by atoms with Crippen molar-refractivity contribution in [3.05, 3.63) is 35.4 Å². The van der Waals surface area contributed by atoms with Crippen molar-refractivity contribution in [2.45, 2.75) is 64.3 Å². The first kappa shape index (κ1) is 13.6. The SMILES string of the molecule is CCCNC1CCCC1c1cccc(CCC)c1. The van der Waals surface area contributed by atoms with Crippen LogP contribution in [0.1, 0.15) is 63.0 Å². The van der Waals surface area contributed by atoms with E-state index in [-0.39, 0.29) is 0 Å². The van der Waals surface area contributed by atoms with Gasteiger partial charge in [-0.05, 0) is 49.3 Å². The molecule has 100 valence electrons. The summed E-state index contributed by atoms with van der Waals surface area (Å²) in [5.41, 5.74) is 3.07. The van der Waals surface area contributed by atoms with Crippen LogP contribution >= 0.6 is 0 Å². The summed E-state index contributed by atoms with van der Waals surface area (Å²) in [5, 5.41) is 3.73. The average Bonchev–Trinajstić information content (AvgIpc) is 2.85. The molecule has 0 saturated heterocycles. The van der Waals surface area contributed by atoms with Crippen LogP contribution in [0.15, 0.2) is 24.3 Å². The normalized spacial score (nSPS) is 23.4. The predicted octanol–water partition coefficient (Wildman–Crippen LogP) is 4.27. The predicted molar refractivity (Wildman–Crippen MR) is 79.1 cm³/mol. The lowest BCUT2D eigenvalue weighted by Crippen LogP contribution is -2.31. The zero-order chi connectivity index (χ0) is 12.8. The molecule has 1 N–H and O–H groups in total. The maximum atomic E-state index is 3.73. The number of hydrogen-bond acceptors (Lipinski definition) is 1. The number of rotatable bonds is 6. The summed E-state index contributed by atoms with van der Waals surface area (Å²) in [6, 6.07) is 10.0. The molecule has 1 aliphatic rings. The van der Waals surface area contributed by atoms with Gasteiger partial charge >= 0.3 is 0 Å². The van der Waals surface area contributed by atoms with Crippen LogP contribution in [0.3, 0.4) is 0 Å². The molecule has 0 heterocycles. The van der Waals surface area contributed by atoms with Crippen molar-refractivity contribution < 1.29 is 0 Å². The summed E-state index contributed by atoms with van der Waals surface area (Å²) in [5.74, 6) is 0.744. The molecule has 2 unspecified atom stereocenters. The first-order chi connectivity index (χ1) is 8.85. The van der Waals surface area contributed by atoms with E-state index >= 15 is 0 Å². The molecular formula is C17H27N. The summed E-state index contributed by atoms with van der Waals surface area (Å²) in [7, 11) is 0. The fourth-order valence-electron chi connectivity index (χ4n) is 3.20. The lowest BCUT2D eigenvalue weighted by molar-refractivity contribution is 0.478. The van der Waals surface area contributed by atoms with Crippen LogP contribution < -0.4 is 5.32 Å².